The van der Waals surface area contributed by atoms with Gasteiger partial charge in [-0.3, -0.25) is 0 Å². The fourth-order valence-corrected chi connectivity index (χ4v) is 2.10. The Morgan fingerprint density at radius 1 is 1.24 bits per heavy atom. The first kappa shape index (κ1) is 11.9. The number of carbonyl (C=O) groups excluding carboxylic acids is 1. The van der Waals surface area contributed by atoms with Crippen molar-refractivity contribution < 1.29 is 9.53 Å². The smallest absolute Gasteiger partial charge is 0.338 e. The van der Waals surface area contributed by atoms with Crippen LogP contribution in [0.5, 0.6) is 0 Å². The predicted octanol–water partition coefficient (Wildman–Crippen LogP) is 3.59. The van der Waals surface area contributed by atoms with Crippen LogP contribution in [0.25, 0.3) is 0 Å². The van der Waals surface area contributed by atoms with Crippen molar-refractivity contribution in [3.05, 3.63) is 48.0 Å². The first-order valence-corrected chi connectivity index (χ1v) is 6.14. The maximum Gasteiger partial charge on any atom is 0.338 e. The molecule has 0 saturated heterocycles. The average molecular weight is 230 g/mol. The van der Waals surface area contributed by atoms with Gasteiger partial charge in [0.05, 0.1) is 12.2 Å². The second-order valence-corrected chi connectivity index (χ2v) is 4.66. The Hall–Kier alpha value is -1.57. The van der Waals surface area contributed by atoms with Gasteiger partial charge in [-0.25, -0.2) is 4.79 Å². The number of hydrogen-bond donors (Lipinski definition) is 0. The zero-order chi connectivity index (χ0) is 12.1. The van der Waals surface area contributed by atoms with Gasteiger partial charge < -0.3 is 4.74 Å². The Labute approximate surface area is 102 Å². The number of ether oxygens (including phenoxy) is 1. The molecule has 1 saturated carbocycles. The van der Waals surface area contributed by atoms with Gasteiger partial charge in [-0.2, -0.15) is 0 Å². The number of hydrogen-bond acceptors (Lipinski definition) is 2. The van der Waals surface area contributed by atoms with Gasteiger partial charge in [0.1, 0.15) is 0 Å². The summed E-state index contributed by atoms with van der Waals surface area (Å²) < 4.78 is 5.33. The SMILES string of the molecule is C=C1CCC(COC(=O)c2ccccc2)CC1. The summed E-state index contributed by atoms with van der Waals surface area (Å²) in [4.78, 5) is 11.7. The molecule has 90 valence electrons. The van der Waals surface area contributed by atoms with Crippen LogP contribution in [-0.2, 0) is 4.74 Å². The second-order valence-electron chi connectivity index (χ2n) is 4.66. The summed E-state index contributed by atoms with van der Waals surface area (Å²) in [6.45, 7) is 4.53. The maximum absolute atomic E-state index is 11.7. The Kier molecular flexibility index (Phi) is 3.97. The Balaban J connectivity index is 1.79. The topological polar surface area (TPSA) is 26.3 Å². The molecular weight excluding hydrogens is 212 g/mol. The Morgan fingerprint density at radius 2 is 1.88 bits per heavy atom. The Bertz CT molecular complexity index is 385. The molecule has 1 aromatic carbocycles. The monoisotopic (exact) mass is 230 g/mol. The van der Waals surface area contributed by atoms with E-state index in [4.69, 9.17) is 4.74 Å². The quantitative estimate of drug-likeness (QED) is 0.586. The van der Waals surface area contributed by atoms with E-state index in [0.29, 0.717) is 18.1 Å². The van der Waals surface area contributed by atoms with Crippen LogP contribution in [0.3, 0.4) is 0 Å². The third-order valence-electron chi connectivity index (χ3n) is 3.27. The lowest BCUT2D eigenvalue weighted by molar-refractivity contribution is 0.0419. The summed E-state index contributed by atoms with van der Waals surface area (Å²) in [7, 11) is 0. The molecule has 0 radical (unpaired) electrons. The summed E-state index contributed by atoms with van der Waals surface area (Å²) in [5.41, 5.74) is 1.96. The summed E-state index contributed by atoms with van der Waals surface area (Å²) in [6, 6.07) is 9.15. The molecule has 0 aliphatic heterocycles. The zero-order valence-corrected chi connectivity index (χ0v) is 10.0. The zero-order valence-electron chi connectivity index (χ0n) is 10.0. The van der Waals surface area contributed by atoms with Crippen LogP contribution in [-0.4, -0.2) is 12.6 Å². The lowest BCUT2D eigenvalue weighted by Crippen LogP contribution is -2.17. The average Bonchev–Trinajstić information content (AvgIpc) is 2.39. The number of carbonyl (C=O) groups is 1. The molecule has 1 aliphatic carbocycles. The predicted molar refractivity (Wildman–Crippen MR) is 67.8 cm³/mol. The summed E-state index contributed by atoms with van der Waals surface area (Å²) in [5.74, 6) is 0.295. The third-order valence-corrected chi connectivity index (χ3v) is 3.27. The molecule has 1 aliphatic rings. The highest BCUT2D eigenvalue weighted by Gasteiger charge is 2.17. The van der Waals surface area contributed by atoms with Crippen LogP contribution >= 0.6 is 0 Å². The molecule has 0 spiro atoms. The van der Waals surface area contributed by atoms with Crippen LogP contribution in [0.4, 0.5) is 0 Å². The van der Waals surface area contributed by atoms with Crippen LogP contribution in [0.1, 0.15) is 36.0 Å². The molecule has 2 rings (SSSR count). The van der Waals surface area contributed by atoms with Crippen LogP contribution in [0.2, 0.25) is 0 Å². The number of benzene rings is 1. The van der Waals surface area contributed by atoms with Crippen LogP contribution in [0, 0.1) is 5.92 Å². The largest absolute Gasteiger partial charge is 0.462 e. The first-order valence-electron chi connectivity index (χ1n) is 6.14. The highest BCUT2D eigenvalue weighted by atomic mass is 16.5. The van der Waals surface area contributed by atoms with Gasteiger partial charge in [-0.1, -0.05) is 30.4 Å². The van der Waals surface area contributed by atoms with Crippen molar-refractivity contribution in [2.45, 2.75) is 25.7 Å². The normalized spacial score (nSPS) is 16.8. The fourth-order valence-electron chi connectivity index (χ4n) is 2.10. The van der Waals surface area contributed by atoms with Gasteiger partial charge in [-0.05, 0) is 43.7 Å². The minimum Gasteiger partial charge on any atom is -0.462 e. The van der Waals surface area contributed by atoms with E-state index >= 15 is 0 Å². The van der Waals surface area contributed by atoms with E-state index in [1.165, 1.54) is 5.57 Å². The van der Waals surface area contributed by atoms with Crippen molar-refractivity contribution in [1.29, 1.82) is 0 Å². The van der Waals surface area contributed by atoms with Crippen LogP contribution < -0.4 is 0 Å². The van der Waals surface area contributed by atoms with Gasteiger partial charge in [0.15, 0.2) is 0 Å². The molecule has 0 atom stereocenters. The van der Waals surface area contributed by atoms with Crippen molar-refractivity contribution in [1.82, 2.24) is 0 Å². The van der Waals surface area contributed by atoms with E-state index < -0.39 is 0 Å². The Morgan fingerprint density at radius 3 is 2.53 bits per heavy atom. The molecule has 1 fully saturated rings. The molecule has 2 heteroatoms. The van der Waals surface area contributed by atoms with E-state index in [1.807, 2.05) is 18.2 Å². The van der Waals surface area contributed by atoms with Gasteiger partial charge >= 0.3 is 5.97 Å². The molecular formula is C15H18O2. The molecule has 0 unspecified atom stereocenters. The number of esters is 1. The number of rotatable bonds is 3. The van der Waals surface area contributed by atoms with Crippen molar-refractivity contribution in [2.24, 2.45) is 5.92 Å². The maximum atomic E-state index is 11.7. The highest BCUT2D eigenvalue weighted by molar-refractivity contribution is 5.89. The molecule has 0 heterocycles. The molecule has 0 N–H and O–H groups in total. The van der Waals surface area contributed by atoms with Gasteiger partial charge in [0.25, 0.3) is 0 Å². The molecule has 17 heavy (non-hydrogen) atoms. The van der Waals surface area contributed by atoms with Crippen molar-refractivity contribution in [3.63, 3.8) is 0 Å². The molecule has 0 aromatic heterocycles. The van der Waals surface area contributed by atoms with Gasteiger partial charge in [0, 0.05) is 0 Å². The van der Waals surface area contributed by atoms with E-state index in [1.54, 1.807) is 12.1 Å². The molecule has 2 nitrogen and oxygen atoms in total. The van der Waals surface area contributed by atoms with Crippen molar-refractivity contribution in [3.8, 4) is 0 Å². The van der Waals surface area contributed by atoms with Crippen LogP contribution in [0.15, 0.2) is 42.5 Å². The summed E-state index contributed by atoms with van der Waals surface area (Å²) in [6.07, 6.45) is 4.35. The van der Waals surface area contributed by atoms with Gasteiger partial charge in [0.2, 0.25) is 0 Å². The fraction of sp³-hybridized carbons (Fsp3) is 0.400. The van der Waals surface area contributed by atoms with Gasteiger partial charge in [-0.15, -0.1) is 0 Å². The standard InChI is InChI=1S/C15H18O2/c1-12-7-9-13(10-8-12)11-17-15(16)14-5-3-2-4-6-14/h2-6,13H,1,7-11H2. The van der Waals surface area contributed by atoms with E-state index in [9.17, 15) is 4.79 Å². The highest BCUT2D eigenvalue weighted by Crippen LogP contribution is 2.27. The first-order chi connectivity index (χ1) is 8.25. The minimum absolute atomic E-state index is 0.213. The third kappa shape index (κ3) is 3.45. The lowest BCUT2D eigenvalue weighted by Gasteiger charge is -2.22. The number of allylic oxidation sites excluding steroid dienone is 1. The summed E-state index contributed by atoms with van der Waals surface area (Å²) in [5, 5.41) is 0. The second kappa shape index (κ2) is 5.67. The van der Waals surface area contributed by atoms with E-state index in [2.05, 4.69) is 6.58 Å². The van der Waals surface area contributed by atoms with E-state index in [0.717, 1.165) is 25.7 Å². The lowest BCUT2D eigenvalue weighted by atomic mass is 9.87. The molecule has 0 amide bonds. The summed E-state index contributed by atoms with van der Waals surface area (Å²) >= 11 is 0. The molecule has 1 aromatic rings. The minimum atomic E-state index is -0.213. The molecule has 0 bridgehead atoms. The van der Waals surface area contributed by atoms with Crippen molar-refractivity contribution >= 4 is 5.97 Å². The van der Waals surface area contributed by atoms with E-state index in [-0.39, 0.29) is 5.97 Å². The van der Waals surface area contributed by atoms with Crippen molar-refractivity contribution in [2.75, 3.05) is 6.61 Å².